The predicted octanol–water partition coefficient (Wildman–Crippen LogP) is 2.00. The zero-order chi connectivity index (χ0) is 13.4. The van der Waals surface area contributed by atoms with Crippen LogP contribution in [0.15, 0.2) is 24.3 Å². The third kappa shape index (κ3) is 2.22. The van der Waals surface area contributed by atoms with Crippen LogP contribution in [0, 0.1) is 0 Å². The molecule has 0 aromatic heterocycles. The lowest BCUT2D eigenvalue weighted by atomic mass is 9.98. The highest BCUT2D eigenvalue weighted by Crippen LogP contribution is 2.36. The van der Waals surface area contributed by atoms with Gasteiger partial charge in [0, 0.05) is 24.4 Å². The van der Waals surface area contributed by atoms with Crippen LogP contribution in [0.1, 0.15) is 24.3 Å². The van der Waals surface area contributed by atoms with Crippen molar-refractivity contribution in [3.63, 3.8) is 0 Å². The molecule has 4 rings (SSSR count). The van der Waals surface area contributed by atoms with Crippen molar-refractivity contribution >= 4 is 0 Å². The Morgan fingerprint density at radius 1 is 1.20 bits per heavy atom. The fourth-order valence-electron chi connectivity index (χ4n) is 3.65. The molecule has 1 unspecified atom stereocenters. The predicted molar refractivity (Wildman–Crippen MR) is 75.0 cm³/mol. The van der Waals surface area contributed by atoms with Crippen molar-refractivity contribution in [2.75, 3.05) is 39.5 Å². The molecule has 108 valence electrons. The summed E-state index contributed by atoms with van der Waals surface area (Å²) in [6.07, 6.45) is 2.18. The van der Waals surface area contributed by atoms with E-state index in [0.29, 0.717) is 5.92 Å². The summed E-state index contributed by atoms with van der Waals surface area (Å²) in [7, 11) is 0. The summed E-state index contributed by atoms with van der Waals surface area (Å²) in [6.45, 7) is 5.33. The van der Waals surface area contributed by atoms with Gasteiger partial charge >= 0.3 is 0 Å². The third-order valence-electron chi connectivity index (χ3n) is 4.59. The SMILES string of the molecule is c1ccc2c(c1)OCC2CN1CCCC2(C1)OCCO2. The van der Waals surface area contributed by atoms with Gasteiger partial charge in [0.05, 0.1) is 26.4 Å². The van der Waals surface area contributed by atoms with Crippen molar-refractivity contribution in [2.45, 2.75) is 24.5 Å². The molecule has 3 aliphatic rings. The van der Waals surface area contributed by atoms with E-state index < -0.39 is 0 Å². The fourth-order valence-corrected chi connectivity index (χ4v) is 3.65. The van der Waals surface area contributed by atoms with Gasteiger partial charge < -0.3 is 14.2 Å². The summed E-state index contributed by atoms with van der Waals surface area (Å²) in [4.78, 5) is 2.48. The van der Waals surface area contributed by atoms with E-state index in [1.165, 1.54) is 5.56 Å². The molecule has 0 bridgehead atoms. The van der Waals surface area contributed by atoms with E-state index in [0.717, 1.165) is 58.0 Å². The minimum absolute atomic E-state index is 0.322. The first-order chi connectivity index (χ1) is 9.85. The highest BCUT2D eigenvalue weighted by molar-refractivity contribution is 5.39. The smallest absolute Gasteiger partial charge is 0.181 e. The number of nitrogens with zero attached hydrogens (tertiary/aromatic N) is 1. The van der Waals surface area contributed by atoms with Crippen molar-refractivity contribution in [3.8, 4) is 5.75 Å². The topological polar surface area (TPSA) is 30.9 Å². The van der Waals surface area contributed by atoms with Gasteiger partial charge in [-0.2, -0.15) is 0 Å². The second-order valence-electron chi connectivity index (χ2n) is 5.99. The average molecular weight is 275 g/mol. The fraction of sp³-hybridized carbons (Fsp3) is 0.625. The van der Waals surface area contributed by atoms with E-state index in [9.17, 15) is 0 Å². The van der Waals surface area contributed by atoms with Gasteiger partial charge in [-0.3, -0.25) is 4.90 Å². The number of benzene rings is 1. The first-order valence-corrected chi connectivity index (χ1v) is 7.57. The van der Waals surface area contributed by atoms with Gasteiger partial charge in [-0.25, -0.2) is 0 Å². The molecule has 1 spiro atoms. The van der Waals surface area contributed by atoms with E-state index in [2.05, 4.69) is 23.1 Å². The third-order valence-corrected chi connectivity index (χ3v) is 4.59. The first kappa shape index (κ1) is 12.6. The Morgan fingerprint density at radius 2 is 2.05 bits per heavy atom. The van der Waals surface area contributed by atoms with E-state index in [-0.39, 0.29) is 5.79 Å². The number of rotatable bonds is 2. The Bertz CT molecular complexity index is 484. The molecule has 3 aliphatic heterocycles. The number of para-hydroxylation sites is 1. The maximum absolute atomic E-state index is 5.85. The molecule has 2 saturated heterocycles. The van der Waals surface area contributed by atoms with Crippen LogP contribution in [0.5, 0.6) is 5.75 Å². The number of fused-ring (bicyclic) bond motifs is 1. The Morgan fingerprint density at radius 3 is 2.95 bits per heavy atom. The highest BCUT2D eigenvalue weighted by Gasteiger charge is 2.41. The quantitative estimate of drug-likeness (QED) is 0.826. The van der Waals surface area contributed by atoms with Crippen molar-refractivity contribution < 1.29 is 14.2 Å². The number of likely N-dealkylation sites (tertiary alicyclic amines) is 1. The molecular weight excluding hydrogens is 254 g/mol. The summed E-state index contributed by atoms with van der Waals surface area (Å²) in [5.41, 5.74) is 1.35. The zero-order valence-electron chi connectivity index (χ0n) is 11.7. The van der Waals surface area contributed by atoms with E-state index in [4.69, 9.17) is 14.2 Å². The van der Waals surface area contributed by atoms with Crippen LogP contribution in [-0.4, -0.2) is 50.1 Å². The molecule has 0 amide bonds. The van der Waals surface area contributed by atoms with Crippen LogP contribution in [0.4, 0.5) is 0 Å². The van der Waals surface area contributed by atoms with Gasteiger partial charge in [0.2, 0.25) is 0 Å². The minimum Gasteiger partial charge on any atom is -0.493 e. The lowest BCUT2D eigenvalue weighted by Crippen LogP contribution is -2.50. The molecule has 1 atom stereocenters. The highest BCUT2D eigenvalue weighted by atomic mass is 16.7. The van der Waals surface area contributed by atoms with Crippen molar-refractivity contribution in [2.24, 2.45) is 0 Å². The number of hydrogen-bond acceptors (Lipinski definition) is 4. The first-order valence-electron chi connectivity index (χ1n) is 7.57. The Balaban J connectivity index is 1.45. The molecule has 0 aliphatic carbocycles. The molecule has 2 fully saturated rings. The summed E-state index contributed by atoms with van der Waals surface area (Å²) < 4.78 is 17.5. The summed E-state index contributed by atoms with van der Waals surface area (Å²) in [5, 5.41) is 0. The van der Waals surface area contributed by atoms with Gasteiger partial charge in [0.1, 0.15) is 5.75 Å². The van der Waals surface area contributed by atoms with Gasteiger partial charge in [-0.1, -0.05) is 18.2 Å². The lowest BCUT2D eigenvalue weighted by Gasteiger charge is -2.39. The summed E-state index contributed by atoms with van der Waals surface area (Å²) >= 11 is 0. The number of piperidine rings is 1. The summed E-state index contributed by atoms with van der Waals surface area (Å²) in [5.74, 6) is 1.21. The van der Waals surface area contributed by atoms with Crippen molar-refractivity contribution in [3.05, 3.63) is 29.8 Å². The van der Waals surface area contributed by atoms with Crippen LogP contribution >= 0.6 is 0 Å². The lowest BCUT2D eigenvalue weighted by molar-refractivity contribution is -0.189. The molecule has 4 heteroatoms. The van der Waals surface area contributed by atoms with E-state index in [1.807, 2.05) is 6.07 Å². The molecular formula is C16H21NO3. The van der Waals surface area contributed by atoms with E-state index in [1.54, 1.807) is 0 Å². The van der Waals surface area contributed by atoms with Crippen LogP contribution in [0.25, 0.3) is 0 Å². The normalized spacial score (nSPS) is 28.5. The Hall–Kier alpha value is -1.10. The van der Waals surface area contributed by atoms with E-state index >= 15 is 0 Å². The van der Waals surface area contributed by atoms with Crippen LogP contribution in [0.3, 0.4) is 0 Å². The average Bonchev–Trinajstić information content (AvgIpc) is 3.08. The number of ether oxygens (including phenoxy) is 3. The van der Waals surface area contributed by atoms with Crippen molar-refractivity contribution in [1.29, 1.82) is 0 Å². The molecule has 1 aromatic carbocycles. The monoisotopic (exact) mass is 275 g/mol. The maximum atomic E-state index is 5.85. The second-order valence-corrected chi connectivity index (χ2v) is 5.99. The van der Waals surface area contributed by atoms with Gasteiger partial charge in [-0.05, 0) is 19.0 Å². The molecule has 0 saturated carbocycles. The molecule has 20 heavy (non-hydrogen) atoms. The Kier molecular flexibility index (Phi) is 3.17. The van der Waals surface area contributed by atoms with Crippen LogP contribution < -0.4 is 4.74 Å². The Labute approximate surface area is 119 Å². The van der Waals surface area contributed by atoms with Crippen LogP contribution in [0.2, 0.25) is 0 Å². The van der Waals surface area contributed by atoms with Gasteiger partial charge in [0.15, 0.2) is 5.79 Å². The maximum Gasteiger partial charge on any atom is 0.181 e. The van der Waals surface area contributed by atoms with Gasteiger partial charge in [-0.15, -0.1) is 0 Å². The minimum atomic E-state index is -0.322. The molecule has 4 nitrogen and oxygen atoms in total. The van der Waals surface area contributed by atoms with Crippen LogP contribution in [-0.2, 0) is 9.47 Å². The largest absolute Gasteiger partial charge is 0.493 e. The molecule has 1 aromatic rings. The zero-order valence-corrected chi connectivity index (χ0v) is 11.7. The second kappa shape index (κ2) is 5.02. The molecule has 0 radical (unpaired) electrons. The van der Waals surface area contributed by atoms with Crippen molar-refractivity contribution in [1.82, 2.24) is 4.90 Å². The summed E-state index contributed by atoms with van der Waals surface area (Å²) in [6, 6.07) is 8.39. The molecule has 0 N–H and O–H groups in total. The molecule has 3 heterocycles. The van der Waals surface area contributed by atoms with Gasteiger partial charge in [0.25, 0.3) is 0 Å². The number of hydrogen-bond donors (Lipinski definition) is 0. The standard InChI is InChI=1S/C16H21NO3/c1-2-5-15-14(4-1)13(11-18-15)10-17-7-3-6-16(12-17)19-8-9-20-16/h1-2,4-5,13H,3,6-12H2.